The van der Waals surface area contributed by atoms with Crippen LogP contribution in [0.2, 0.25) is 0 Å². The molecule has 0 bridgehead atoms. The van der Waals surface area contributed by atoms with Crippen molar-refractivity contribution in [3.8, 4) is 0 Å². The van der Waals surface area contributed by atoms with Crippen LogP contribution in [0.1, 0.15) is 99.3 Å². The maximum Gasteiger partial charge on any atom is 0.308 e. The van der Waals surface area contributed by atoms with Crippen LogP contribution in [0, 0.1) is 0 Å². The van der Waals surface area contributed by atoms with E-state index >= 15 is 0 Å². The Bertz CT molecular complexity index is 1030. The van der Waals surface area contributed by atoms with E-state index in [0.29, 0.717) is 30.8 Å². The summed E-state index contributed by atoms with van der Waals surface area (Å²) in [5.41, 5.74) is 0.948. The van der Waals surface area contributed by atoms with E-state index in [1.54, 1.807) is 24.3 Å². The van der Waals surface area contributed by atoms with E-state index in [4.69, 9.17) is 14.2 Å². The number of fused-ring (bicyclic) bond motifs is 1. The maximum absolute atomic E-state index is 13.0. The van der Waals surface area contributed by atoms with Gasteiger partial charge in [0.1, 0.15) is 30.5 Å². The highest BCUT2D eigenvalue weighted by molar-refractivity contribution is 7.96. The van der Waals surface area contributed by atoms with Crippen LogP contribution in [-0.2, 0) is 39.5 Å². The molecule has 0 N–H and O–H groups in total. The first kappa shape index (κ1) is 32.3. The van der Waals surface area contributed by atoms with Gasteiger partial charge in [-0.25, -0.2) is 0 Å². The molecule has 1 aliphatic rings. The van der Waals surface area contributed by atoms with Crippen molar-refractivity contribution in [3.05, 3.63) is 46.7 Å². The molecular formula is C30H41O8S+. The van der Waals surface area contributed by atoms with Crippen LogP contribution < -0.4 is 0 Å². The highest BCUT2D eigenvalue weighted by Crippen LogP contribution is 2.30. The molecule has 0 saturated carbocycles. The predicted octanol–water partition coefficient (Wildman–Crippen LogP) is 5.14. The van der Waals surface area contributed by atoms with Crippen LogP contribution in [0.15, 0.2) is 35.6 Å². The van der Waals surface area contributed by atoms with Gasteiger partial charge in [0, 0.05) is 37.5 Å². The lowest BCUT2D eigenvalue weighted by Crippen LogP contribution is -2.24. The van der Waals surface area contributed by atoms with E-state index in [9.17, 15) is 24.0 Å². The molecule has 1 aromatic carbocycles. The molecule has 8 nitrogen and oxygen atoms in total. The molecule has 0 radical (unpaired) electrons. The Balaban J connectivity index is 1.67. The fourth-order valence-electron chi connectivity index (χ4n) is 4.46. The summed E-state index contributed by atoms with van der Waals surface area (Å²) in [6.45, 7) is 4.86. The fourth-order valence-corrected chi connectivity index (χ4v) is 6.33. The number of hydrogen-bond donors (Lipinski definition) is 0. The lowest BCUT2D eigenvalue weighted by atomic mass is 9.86. The summed E-state index contributed by atoms with van der Waals surface area (Å²) < 4.78 is 15.3. The molecule has 0 aromatic heterocycles. The van der Waals surface area contributed by atoms with Crippen LogP contribution in [0.5, 0.6) is 0 Å². The summed E-state index contributed by atoms with van der Waals surface area (Å²) in [6, 6.07) is 6.65. The molecule has 0 fully saturated rings. The third kappa shape index (κ3) is 11.8. The molecule has 39 heavy (non-hydrogen) atoms. The molecule has 0 atom stereocenters. The van der Waals surface area contributed by atoms with Gasteiger partial charge in [0.25, 0.3) is 0 Å². The number of ketones is 2. The maximum atomic E-state index is 13.0. The smallest absolute Gasteiger partial charge is 0.308 e. The predicted molar refractivity (Wildman–Crippen MR) is 151 cm³/mol. The van der Waals surface area contributed by atoms with Gasteiger partial charge in [-0.2, -0.15) is 0 Å². The van der Waals surface area contributed by atoms with Crippen LogP contribution in [0.25, 0.3) is 0 Å². The zero-order valence-corrected chi connectivity index (χ0v) is 24.2. The highest BCUT2D eigenvalue weighted by atomic mass is 32.2. The standard InChI is InChI=1S/C30H41O8S/c1-22(31)36-17-20-39(21-18-37-23(2)32)19-13-9-7-5-4-6-8-10-16-27-28(34)25-14-11-12-15-26(25)29(35)30(27)38-24(3)33/h11-12,14-15H,4-10,13,16-21H2,1-3H3/q+1. The van der Waals surface area contributed by atoms with Gasteiger partial charge in [0.15, 0.2) is 11.5 Å². The Kier molecular flexibility index (Phi) is 14.6. The van der Waals surface area contributed by atoms with Crippen molar-refractivity contribution in [2.24, 2.45) is 0 Å². The van der Waals surface area contributed by atoms with E-state index in [1.165, 1.54) is 20.8 Å². The van der Waals surface area contributed by atoms with Crippen molar-refractivity contribution < 1.29 is 38.2 Å². The minimum absolute atomic E-state index is 0.0607. The normalized spacial score (nSPS) is 12.9. The molecule has 0 heterocycles. The largest absolute Gasteiger partial charge is 0.461 e. The second kappa shape index (κ2) is 17.6. The van der Waals surface area contributed by atoms with E-state index in [-0.39, 0.29) is 39.9 Å². The van der Waals surface area contributed by atoms with Crippen molar-refractivity contribution in [1.82, 2.24) is 0 Å². The molecule has 1 aliphatic carbocycles. The number of carbonyl (C=O) groups excluding carboxylic acids is 5. The molecule has 0 saturated heterocycles. The Morgan fingerprint density at radius 2 is 1.13 bits per heavy atom. The van der Waals surface area contributed by atoms with E-state index in [0.717, 1.165) is 68.6 Å². The van der Waals surface area contributed by atoms with Gasteiger partial charge in [-0.3, -0.25) is 24.0 Å². The van der Waals surface area contributed by atoms with Crippen molar-refractivity contribution in [2.75, 3.05) is 30.5 Å². The second-order valence-corrected chi connectivity index (χ2v) is 12.0. The van der Waals surface area contributed by atoms with E-state index in [1.807, 2.05) is 0 Å². The number of ether oxygens (including phenoxy) is 3. The summed E-state index contributed by atoms with van der Waals surface area (Å²) >= 11 is 0. The van der Waals surface area contributed by atoms with Gasteiger partial charge in [-0.15, -0.1) is 0 Å². The number of esters is 3. The van der Waals surface area contributed by atoms with Crippen LogP contribution in [-0.4, -0.2) is 59.9 Å². The topological polar surface area (TPSA) is 113 Å². The Morgan fingerprint density at radius 1 is 0.641 bits per heavy atom. The molecule has 0 spiro atoms. The molecule has 0 aliphatic heterocycles. The fraction of sp³-hybridized carbons (Fsp3) is 0.567. The van der Waals surface area contributed by atoms with Gasteiger partial charge in [0.05, 0.1) is 0 Å². The number of allylic oxidation sites excluding steroid dienone is 2. The Labute approximate surface area is 234 Å². The second-order valence-electron chi connectivity index (χ2n) is 9.59. The Morgan fingerprint density at radius 3 is 1.64 bits per heavy atom. The third-order valence-corrected chi connectivity index (χ3v) is 8.74. The van der Waals surface area contributed by atoms with Gasteiger partial charge in [-0.1, -0.05) is 56.4 Å². The van der Waals surface area contributed by atoms with Crippen molar-refractivity contribution in [1.29, 1.82) is 0 Å². The molecule has 9 heteroatoms. The lowest BCUT2D eigenvalue weighted by Gasteiger charge is -2.20. The first-order valence-electron chi connectivity index (χ1n) is 13.7. The lowest BCUT2D eigenvalue weighted by molar-refractivity contribution is -0.141. The summed E-state index contributed by atoms with van der Waals surface area (Å²) in [7, 11) is 0.0607. The van der Waals surface area contributed by atoms with Crippen molar-refractivity contribution >= 4 is 40.4 Å². The minimum atomic E-state index is -0.608. The highest BCUT2D eigenvalue weighted by Gasteiger charge is 2.33. The average Bonchev–Trinajstić information content (AvgIpc) is 2.88. The van der Waals surface area contributed by atoms with Crippen LogP contribution in [0.4, 0.5) is 0 Å². The molecule has 2 rings (SSSR count). The summed E-state index contributed by atoms with van der Waals surface area (Å²) in [4.78, 5) is 59.5. The first-order chi connectivity index (χ1) is 18.7. The zero-order chi connectivity index (χ0) is 28.6. The van der Waals surface area contributed by atoms with Gasteiger partial charge < -0.3 is 14.2 Å². The van der Waals surface area contributed by atoms with Gasteiger partial charge in [-0.05, 0) is 36.6 Å². The zero-order valence-electron chi connectivity index (χ0n) is 23.4. The molecule has 214 valence electrons. The summed E-state index contributed by atoms with van der Waals surface area (Å²) in [6.07, 6.45) is 8.68. The molecule has 0 unspecified atom stereocenters. The van der Waals surface area contributed by atoms with Crippen molar-refractivity contribution in [2.45, 2.75) is 78.6 Å². The van der Waals surface area contributed by atoms with E-state index in [2.05, 4.69) is 0 Å². The minimum Gasteiger partial charge on any atom is -0.461 e. The number of unbranched alkanes of at least 4 members (excludes halogenated alkanes) is 7. The third-order valence-electron chi connectivity index (χ3n) is 6.38. The summed E-state index contributed by atoms with van der Waals surface area (Å²) in [5.74, 6) is 0.727. The average molecular weight is 562 g/mol. The number of carbonyl (C=O) groups is 5. The SMILES string of the molecule is CC(=O)OCC[S+](CCCCCCCCCCC1=C(OC(C)=O)C(=O)c2ccccc2C1=O)CCOC(C)=O. The quantitative estimate of drug-likeness (QED) is 0.105. The monoisotopic (exact) mass is 561 g/mol. The van der Waals surface area contributed by atoms with E-state index < -0.39 is 11.8 Å². The van der Waals surface area contributed by atoms with Crippen molar-refractivity contribution in [3.63, 3.8) is 0 Å². The molecule has 0 amide bonds. The Hall–Kier alpha value is -2.94. The number of benzene rings is 1. The first-order valence-corrected chi connectivity index (χ1v) is 15.4. The van der Waals surface area contributed by atoms with Gasteiger partial charge in [0.2, 0.25) is 5.78 Å². The number of hydrogen-bond acceptors (Lipinski definition) is 8. The number of rotatable bonds is 18. The van der Waals surface area contributed by atoms with Crippen LogP contribution in [0.3, 0.4) is 0 Å². The van der Waals surface area contributed by atoms with Crippen LogP contribution >= 0.6 is 0 Å². The summed E-state index contributed by atoms with van der Waals surface area (Å²) in [5, 5.41) is 0. The molecule has 1 aromatic rings. The van der Waals surface area contributed by atoms with Gasteiger partial charge >= 0.3 is 17.9 Å². The number of Topliss-reactive ketones (excluding diaryl/α,β-unsaturated/α-hetero) is 2. The molecular weight excluding hydrogens is 520 g/mol.